The van der Waals surface area contributed by atoms with Gasteiger partial charge in [-0.05, 0) is 42.8 Å². The molecule has 3 rings (SSSR count). The number of anilines is 1. The Labute approximate surface area is 158 Å². The van der Waals surface area contributed by atoms with Crippen molar-refractivity contribution in [1.82, 2.24) is 5.32 Å². The van der Waals surface area contributed by atoms with Gasteiger partial charge in [-0.25, -0.2) is 4.39 Å². The Morgan fingerprint density at radius 1 is 1.07 bits per heavy atom. The molecular formula is C21H25FN3O2+. The Hall–Kier alpha value is -2.73. The second-order valence-corrected chi connectivity index (χ2v) is 7.04. The van der Waals surface area contributed by atoms with Crippen molar-refractivity contribution in [2.75, 3.05) is 25.0 Å². The molecule has 2 aromatic rings. The first-order chi connectivity index (χ1) is 13.0. The van der Waals surface area contributed by atoms with Crippen LogP contribution in [0.2, 0.25) is 0 Å². The number of carbonyl (C=O) groups is 2. The zero-order chi connectivity index (χ0) is 19.2. The van der Waals surface area contributed by atoms with Crippen molar-refractivity contribution < 1.29 is 18.9 Å². The minimum absolute atomic E-state index is 0.0318. The third-order valence-corrected chi connectivity index (χ3v) is 4.96. The molecule has 6 heteroatoms. The average molecular weight is 370 g/mol. The summed E-state index contributed by atoms with van der Waals surface area (Å²) in [5, 5.41) is 5.90. The number of carbonyl (C=O) groups excluding carboxylic acids is 2. The monoisotopic (exact) mass is 370 g/mol. The largest absolute Gasteiger partial charge is 0.349 e. The molecule has 142 valence electrons. The molecule has 1 heterocycles. The number of hydrogen-bond donors (Lipinski definition) is 3. The molecule has 27 heavy (non-hydrogen) atoms. The van der Waals surface area contributed by atoms with E-state index in [-0.39, 0.29) is 23.7 Å². The summed E-state index contributed by atoms with van der Waals surface area (Å²) in [7, 11) is 0. The van der Waals surface area contributed by atoms with Gasteiger partial charge in [-0.1, -0.05) is 18.2 Å². The van der Waals surface area contributed by atoms with Crippen LogP contribution in [0, 0.1) is 12.7 Å². The first-order valence-electron chi connectivity index (χ1n) is 9.27. The number of amides is 2. The number of quaternary nitrogens is 1. The van der Waals surface area contributed by atoms with E-state index >= 15 is 0 Å². The van der Waals surface area contributed by atoms with E-state index in [9.17, 15) is 14.0 Å². The molecule has 0 saturated carbocycles. The smallest absolute Gasteiger partial charge is 0.279 e. The molecular weight excluding hydrogens is 345 g/mol. The standard InChI is InChI=1S/C21H24FN3O2/c1-15-4-2-3-5-19(15)21(27)24-18-10-12-25(13-11-18)14-20(26)23-17-8-6-16(22)7-9-17/h2-9,18H,10-14H2,1H3,(H,23,26)(H,24,27)/p+1. The first kappa shape index (κ1) is 19.0. The van der Waals surface area contributed by atoms with E-state index in [0.29, 0.717) is 17.8 Å². The molecule has 0 atom stereocenters. The molecule has 0 unspecified atom stereocenters. The molecule has 1 aliphatic heterocycles. The summed E-state index contributed by atoms with van der Waals surface area (Å²) in [4.78, 5) is 25.8. The second-order valence-electron chi connectivity index (χ2n) is 7.04. The Kier molecular flexibility index (Phi) is 6.19. The summed E-state index contributed by atoms with van der Waals surface area (Å²) >= 11 is 0. The van der Waals surface area contributed by atoms with Crippen molar-refractivity contribution in [3.8, 4) is 0 Å². The molecule has 0 aliphatic carbocycles. The minimum Gasteiger partial charge on any atom is -0.349 e. The van der Waals surface area contributed by atoms with Gasteiger partial charge < -0.3 is 15.5 Å². The normalized spacial score (nSPS) is 19.3. The number of aryl methyl sites for hydroxylation is 1. The SMILES string of the molecule is Cc1ccccc1C(=O)NC1CC[NH+](CC(=O)Nc2ccc(F)cc2)CC1. The maximum Gasteiger partial charge on any atom is 0.279 e. The lowest BCUT2D eigenvalue weighted by atomic mass is 10.0. The molecule has 0 spiro atoms. The maximum atomic E-state index is 12.9. The predicted octanol–water partition coefficient (Wildman–Crippen LogP) is 1.55. The van der Waals surface area contributed by atoms with Crippen LogP contribution in [0.15, 0.2) is 48.5 Å². The van der Waals surface area contributed by atoms with Crippen LogP contribution in [-0.4, -0.2) is 37.5 Å². The van der Waals surface area contributed by atoms with E-state index in [1.807, 2.05) is 31.2 Å². The quantitative estimate of drug-likeness (QED) is 0.748. The zero-order valence-corrected chi connectivity index (χ0v) is 15.4. The molecule has 0 bridgehead atoms. The number of rotatable bonds is 5. The highest BCUT2D eigenvalue weighted by Gasteiger charge is 2.25. The number of piperidine rings is 1. The van der Waals surface area contributed by atoms with Gasteiger partial charge in [0.25, 0.3) is 11.8 Å². The van der Waals surface area contributed by atoms with Crippen molar-refractivity contribution in [3.05, 3.63) is 65.5 Å². The summed E-state index contributed by atoms with van der Waals surface area (Å²) in [5.41, 5.74) is 2.28. The number of nitrogens with one attached hydrogen (secondary N) is 3. The molecule has 3 N–H and O–H groups in total. The molecule has 1 aliphatic rings. The number of likely N-dealkylation sites (tertiary alicyclic amines) is 1. The van der Waals surface area contributed by atoms with Gasteiger partial charge in [0.2, 0.25) is 0 Å². The third kappa shape index (κ3) is 5.37. The van der Waals surface area contributed by atoms with Crippen LogP contribution in [0.5, 0.6) is 0 Å². The fourth-order valence-corrected chi connectivity index (χ4v) is 3.40. The van der Waals surface area contributed by atoms with Gasteiger partial charge in [-0.15, -0.1) is 0 Å². The average Bonchev–Trinajstić information content (AvgIpc) is 2.65. The molecule has 1 saturated heterocycles. The van der Waals surface area contributed by atoms with Crippen LogP contribution in [0.25, 0.3) is 0 Å². The van der Waals surface area contributed by atoms with E-state index < -0.39 is 0 Å². The fraction of sp³-hybridized carbons (Fsp3) is 0.333. The highest BCUT2D eigenvalue weighted by molar-refractivity contribution is 5.95. The topological polar surface area (TPSA) is 62.6 Å². The van der Waals surface area contributed by atoms with E-state index in [0.717, 1.165) is 31.5 Å². The van der Waals surface area contributed by atoms with Crippen LogP contribution in [0.4, 0.5) is 10.1 Å². The highest BCUT2D eigenvalue weighted by Crippen LogP contribution is 2.09. The van der Waals surface area contributed by atoms with Gasteiger partial charge in [0.1, 0.15) is 5.82 Å². The lowest BCUT2D eigenvalue weighted by Gasteiger charge is -2.29. The minimum atomic E-state index is -0.326. The van der Waals surface area contributed by atoms with Crippen LogP contribution in [0.1, 0.15) is 28.8 Å². The van der Waals surface area contributed by atoms with Crippen molar-refractivity contribution in [1.29, 1.82) is 0 Å². The van der Waals surface area contributed by atoms with Gasteiger partial charge in [0.15, 0.2) is 6.54 Å². The van der Waals surface area contributed by atoms with Crippen LogP contribution in [0.3, 0.4) is 0 Å². The summed E-state index contributed by atoms with van der Waals surface area (Å²) in [6.45, 7) is 3.96. The maximum absolute atomic E-state index is 12.9. The van der Waals surface area contributed by atoms with Gasteiger partial charge >= 0.3 is 0 Å². The van der Waals surface area contributed by atoms with Crippen molar-refractivity contribution in [2.45, 2.75) is 25.8 Å². The lowest BCUT2D eigenvalue weighted by Crippen LogP contribution is -3.14. The number of benzene rings is 2. The van der Waals surface area contributed by atoms with Crippen molar-refractivity contribution >= 4 is 17.5 Å². The van der Waals surface area contributed by atoms with Gasteiger partial charge in [0.05, 0.1) is 13.1 Å². The molecule has 1 fully saturated rings. The Morgan fingerprint density at radius 3 is 2.41 bits per heavy atom. The van der Waals surface area contributed by atoms with E-state index in [1.54, 1.807) is 12.1 Å². The summed E-state index contributed by atoms with van der Waals surface area (Å²) in [5.74, 6) is -0.442. The highest BCUT2D eigenvalue weighted by atomic mass is 19.1. The molecule has 0 aromatic heterocycles. The predicted molar refractivity (Wildman–Crippen MR) is 102 cm³/mol. The van der Waals surface area contributed by atoms with Crippen molar-refractivity contribution in [3.63, 3.8) is 0 Å². The Bertz CT molecular complexity index is 799. The fourth-order valence-electron chi connectivity index (χ4n) is 3.40. The summed E-state index contributed by atoms with van der Waals surface area (Å²) in [6.07, 6.45) is 1.69. The van der Waals surface area contributed by atoms with Crippen LogP contribution in [-0.2, 0) is 4.79 Å². The Balaban J connectivity index is 1.43. The first-order valence-corrected chi connectivity index (χ1v) is 9.27. The van der Waals surface area contributed by atoms with Gasteiger partial charge in [-0.2, -0.15) is 0 Å². The van der Waals surface area contributed by atoms with E-state index in [2.05, 4.69) is 10.6 Å². The summed E-state index contributed by atoms with van der Waals surface area (Å²) < 4.78 is 12.9. The molecule has 2 aromatic carbocycles. The number of halogens is 1. The van der Waals surface area contributed by atoms with E-state index in [4.69, 9.17) is 0 Å². The summed E-state index contributed by atoms with van der Waals surface area (Å²) in [6, 6.07) is 13.5. The van der Waals surface area contributed by atoms with Gasteiger partial charge in [0, 0.05) is 30.1 Å². The zero-order valence-electron chi connectivity index (χ0n) is 15.4. The number of hydrogen-bond acceptors (Lipinski definition) is 2. The molecule has 5 nitrogen and oxygen atoms in total. The lowest BCUT2D eigenvalue weighted by molar-refractivity contribution is -0.897. The van der Waals surface area contributed by atoms with Crippen LogP contribution >= 0.6 is 0 Å². The molecule has 0 radical (unpaired) electrons. The van der Waals surface area contributed by atoms with Crippen LogP contribution < -0.4 is 15.5 Å². The van der Waals surface area contributed by atoms with E-state index in [1.165, 1.54) is 17.0 Å². The second kappa shape index (κ2) is 8.77. The Morgan fingerprint density at radius 2 is 1.74 bits per heavy atom. The van der Waals surface area contributed by atoms with Crippen molar-refractivity contribution in [2.24, 2.45) is 0 Å². The third-order valence-electron chi connectivity index (χ3n) is 4.96. The molecule has 2 amide bonds. The van der Waals surface area contributed by atoms with Gasteiger partial charge in [-0.3, -0.25) is 9.59 Å².